The molecule has 7 heteroatoms. The summed E-state index contributed by atoms with van der Waals surface area (Å²) >= 11 is 0. The Hall–Kier alpha value is -3.03. The molecule has 0 atom stereocenters. The maximum absolute atomic E-state index is 14.3. The topological polar surface area (TPSA) is 45.9 Å². The molecule has 1 aromatic heterocycles. The molecule has 2 aromatic carbocycles. The summed E-state index contributed by atoms with van der Waals surface area (Å²) in [5, 5.41) is 0. The first kappa shape index (κ1) is 25.6. The number of carbonyl (C=O) groups is 1. The van der Waals surface area contributed by atoms with Gasteiger partial charge in [0.25, 0.3) is 0 Å². The molecule has 3 aromatic rings. The van der Waals surface area contributed by atoms with E-state index < -0.39 is 11.6 Å². The number of rotatable bonds is 13. The number of methoxy groups -OCH3 is 1. The molecule has 5 nitrogen and oxygen atoms in total. The van der Waals surface area contributed by atoms with Crippen LogP contribution in [-0.2, 0) is 29.0 Å². The molecule has 0 saturated carbocycles. The second kappa shape index (κ2) is 13.0. The first-order valence-electron chi connectivity index (χ1n) is 11.5. The second-order valence-corrected chi connectivity index (χ2v) is 8.36. The van der Waals surface area contributed by atoms with Crippen molar-refractivity contribution in [2.75, 3.05) is 33.4 Å². The molecular formula is C27H32F2N2O3. The Morgan fingerprint density at radius 3 is 2.50 bits per heavy atom. The highest BCUT2D eigenvalue weighted by Gasteiger charge is 2.20. The zero-order valence-corrected chi connectivity index (χ0v) is 19.8. The van der Waals surface area contributed by atoms with Crippen LogP contribution in [0.5, 0.6) is 0 Å². The summed E-state index contributed by atoms with van der Waals surface area (Å²) in [5.74, 6) is 0.406. The van der Waals surface area contributed by atoms with E-state index in [9.17, 15) is 13.6 Å². The summed E-state index contributed by atoms with van der Waals surface area (Å²) in [4.78, 5) is 17.0. The number of hydrogen-bond donors (Lipinski definition) is 0. The molecule has 34 heavy (non-hydrogen) atoms. The summed E-state index contributed by atoms with van der Waals surface area (Å²) in [5.41, 5.74) is 1.36. The van der Waals surface area contributed by atoms with E-state index >= 15 is 0 Å². The minimum Gasteiger partial charge on any atom is -0.464 e. The van der Waals surface area contributed by atoms with Gasteiger partial charge in [0.15, 0.2) is 0 Å². The zero-order valence-electron chi connectivity index (χ0n) is 19.8. The predicted molar refractivity (Wildman–Crippen MR) is 127 cm³/mol. The van der Waals surface area contributed by atoms with Gasteiger partial charge < -0.3 is 14.1 Å². The van der Waals surface area contributed by atoms with E-state index in [1.165, 1.54) is 6.07 Å². The van der Waals surface area contributed by atoms with Crippen molar-refractivity contribution in [2.24, 2.45) is 0 Å². The first-order chi connectivity index (χ1) is 16.4. The van der Waals surface area contributed by atoms with Crippen LogP contribution in [0.3, 0.4) is 0 Å². The third-order valence-electron chi connectivity index (χ3n) is 5.59. The fourth-order valence-electron chi connectivity index (χ4n) is 3.80. The van der Waals surface area contributed by atoms with E-state index in [-0.39, 0.29) is 24.6 Å². The summed E-state index contributed by atoms with van der Waals surface area (Å²) in [6.07, 6.45) is 1.37. The lowest BCUT2D eigenvalue weighted by molar-refractivity contribution is -0.133. The van der Waals surface area contributed by atoms with Crippen molar-refractivity contribution in [3.63, 3.8) is 0 Å². The Labute approximate surface area is 199 Å². The Morgan fingerprint density at radius 1 is 1.00 bits per heavy atom. The fraction of sp³-hybridized carbons (Fsp3) is 0.370. The van der Waals surface area contributed by atoms with Crippen molar-refractivity contribution in [2.45, 2.75) is 32.9 Å². The molecule has 0 N–H and O–H groups in total. The van der Waals surface area contributed by atoms with Crippen molar-refractivity contribution in [3.05, 3.63) is 94.9 Å². The molecule has 0 fully saturated rings. The number of halogens is 2. The van der Waals surface area contributed by atoms with Gasteiger partial charge in [-0.2, -0.15) is 0 Å². The van der Waals surface area contributed by atoms with E-state index in [1.807, 2.05) is 54.3 Å². The van der Waals surface area contributed by atoms with Gasteiger partial charge in [-0.25, -0.2) is 8.78 Å². The van der Waals surface area contributed by atoms with Crippen LogP contribution in [0.1, 0.15) is 29.1 Å². The van der Waals surface area contributed by atoms with Crippen LogP contribution in [0, 0.1) is 18.6 Å². The van der Waals surface area contributed by atoms with Crippen LogP contribution in [0.2, 0.25) is 0 Å². The van der Waals surface area contributed by atoms with Gasteiger partial charge in [-0.15, -0.1) is 0 Å². The van der Waals surface area contributed by atoms with Gasteiger partial charge in [0.1, 0.15) is 23.2 Å². The van der Waals surface area contributed by atoms with Crippen molar-refractivity contribution < 1.29 is 22.7 Å². The summed E-state index contributed by atoms with van der Waals surface area (Å²) < 4.78 is 38.8. The quantitative estimate of drug-likeness (QED) is 0.331. The van der Waals surface area contributed by atoms with Gasteiger partial charge in [0.2, 0.25) is 5.91 Å². The van der Waals surface area contributed by atoms with Crippen LogP contribution < -0.4 is 0 Å². The Bertz CT molecular complexity index is 1040. The lowest BCUT2D eigenvalue weighted by atomic mass is 10.1. The van der Waals surface area contributed by atoms with Crippen LogP contribution in [-0.4, -0.2) is 49.1 Å². The molecule has 0 aliphatic rings. The minimum atomic E-state index is -0.503. The number of benzene rings is 2. The van der Waals surface area contributed by atoms with E-state index in [4.69, 9.17) is 9.15 Å². The van der Waals surface area contributed by atoms with Gasteiger partial charge in [-0.1, -0.05) is 30.3 Å². The zero-order chi connectivity index (χ0) is 24.3. The monoisotopic (exact) mass is 470 g/mol. The SMILES string of the molecule is COCCCN(CC(=O)N(CCc1ccccc1)Cc1ccc(C)o1)Cc1cc(F)ccc1F. The molecule has 0 spiro atoms. The maximum atomic E-state index is 14.3. The Balaban J connectivity index is 1.73. The highest BCUT2D eigenvalue weighted by molar-refractivity contribution is 5.78. The van der Waals surface area contributed by atoms with Crippen molar-refractivity contribution in [3.8, 4) is 0 Å². The number of amides is 1. The maximum Gasteiger partial charge on any atom is 0.237 e. The highest BCUT2D eigenvalue weighted by Crippen LogP contribution is 2.15. The number of nitrogens with zero attached hydrogens (tertiary/aromatic N) is 2. The minimum absolute atomic E-state index is 0.0775. The molecule has 0 aliphatic carbocycles. The predicted octanol–water partition coefficient (Wildman–Crippen LogP) is 4.98. The van der Waals surface area contributed by atoms with Crippen LogP contribution >= 0.6 is 0 Å². The first-order valence-corrected chi connectivity index (χ1v) is 11.5. The van der Waals surface area contributed by atoms with Gasteiger partial charge in [0, 0.05) is 38.9 Å². The second-order valence-electron chi connectivity index (χ2n) is 8.36. The Kier molecular flexibility index (Phi) is 9.79. The van der Waals surface area contributed by atoms with Crippen LogP contribution in [0.4, 0.5) is 8.78 Å². The largest absolute Gasteiger partial charge is 0.464 e. The molecule has 0 saturated heterocycles. The van der Waals surface area contributed by atoms with Crippen molar-refractivity contribution in [1.82, 2.24) is 9.80 Å². The van der Waals surface area contributed by atoms with Crippen molar-refractivity contribution >= 4 is 5.91 Å². The van der Waals surface area contributed by atoms with Gasteiger partial charge in [-0.05, 0) is 55.7 Å². The number of hydrogen-bond acceptors (Lipinski definition) is 4. The van der Waals surface area contributed by atoms with Crippen molar-refractivity contribution in [1.29, 1.82) is 0 Å². The van der Waals surface area contributed by atoms with Crippen LogP contribution in [0.25, 0.3) is 0 Å². The number of carbonyl (C=O) groups excluding carboxylic acids is 1. The molecule has 0 radical (unpaired) electrons. The van der Waals surface area contributed by atoms with Gasteiger partial charge in [-0.3, -0.25) is 9.69 Å². The normalized spacial score (nSPS) is 11.2. The van der Waals surface area contributed by atoms with E-state index in [0.717, 1.165) is 23.5 Å². The fourth-order valence-corrected chi connectivity index (χ4v) is 3.80. The van der Waals surface area contributed by atoms with E-state index in [0.29, 0.717) is 44.8 Å². The third kappa shape index (κ3) is 8.08. The van der Waals surface area contributed by atoms with Crippen LogP contribution in [0.15, 0.2) is 65.1 Å². The summed E-state index contributed by atoms with van der Waals surface area (Å²) in [6.45, 7) is 3.97. The van der Waals surface area contributed by atoms with Gasteiger partial charge in [0.05, 0.1) is 13.1 Å². The molecule has 182 valence electrons. The molecule has 1 amide bonds. The molecule has 0 aliphatic heterocycles. The number of furan rings is 1. The lowest BCUT2D eigenvalue weighted by Crippen LogP contribution is -2.41. The Morgan fingerprint density at radius 2 is 1.79 bits per heavy atom. The molecule has 0 bridgehead atoms. The molecular weight excluding hydrogens is 438 g/mol. The number of aryl methyl sites for hydroxylation is 1. The van der Waals surface area contributed by atoms with Gasteiger partial charge >= 0.3 is 0 Å². The summed E-state index contributed by atoms with van der Waals surface area (Å²) in [6, 6.07) is 17.1. The van der Waals surface area contributed by atoms with E-state index in [1.54, 1.807) is 12.0 Å². The number of ether oxygens (including phenoxy) is 1. The molecule has 0 unspecified atom stereocenters. The summed E-state index contributed by atoms with van der Waals surface area (Å²) in [7, 11) is 1.61. The average molecular weight is 471 g/mol. The average Bonchev–Trinajstić information content (AvgIpc) is 3.24. The molecule has 3 rings (SSSR count). The lowest BCUT2D eigenvalue weighted by Gasteiger charge is -2.27. The van der Waals surface area contributed by atoms with E-state index in [2.05, 4.69) is 0 Å². The standard InChI is InChI=1S/C27H32F2N2O3/c1-21-9-11-25(34-21)19-31(15-13-22-7-4-3-5-8-22)27(32)20-30(14-6-16-33-2)18-23-17-24(28)10-12-26(23)29/h3-5,7-12,17H,6,13-16,18-20H2,1-2H3. The third-order valence-corrected chi connectivity index (χ3v) is 5.59. The highest BCUT2D eigenvalue weighted by atomic mass is 19.1. The molecule has 1 heterocycles. The smallest absolute Gasteiger partial charge is 0.237 e.